The third kappa shape index (κ3) is 3.62. The standard InChI is InChI=1S/C16H18ClFN6/c1-11(2)8-14-21-15(6-7-23-10-19-9-20-23)24(22-14)13-5-3-4-12(17)16(13)18/h3-5,9-11H,6-8H2,1-2H3. The first-order valence-corrected chi connectivity index (χ1v) is 8.14. The quantitative estimate of drug-likeness (QED) is 0.686. The van der Waals surface area contributed by atoms with E-state index < -0.39 is 5.82 Å². The zero-order valence-electron chi connectivity index (χ0n) is 13.5. The molecule has 2 heterocycles. The molecule has 0 saturated heterocycles. The van der Waals surface area contributed by atoms with Gasteiger partial charge in [0.25, 0.3) is 0 Å². The van der Waals surface area contributed by atoms with Crippen molar-refractivity contribution in [3.63, 3.8) is 0 Å². The molecule has 0 aliphatic heterocycles. The van der Waals surface area contributed by atoms with Gasteiger partial charge in [0.15, 0.2) is 11.6 Å². The second-order valence-corrected chi connectivity index (χ2v) is 6.34. The molecule has 0 N–H and O–H groups in total. The average molecular weight is 349 g/mol. The molecular weight excluding hydrogens is 331 g/mol. The molecule has 1 aromatic carbocycles. The minimum atomic E-state index is -0.498. The Hall–Kier alpha value is -2.28. The lowest BCUT2D eigenvalue weighted by atomic mass is 10.1. The van der Waals surface area contributed by atoms with E-state index in [0.717, 1.165) is 6.42 Å². The van der Waals surface area contributed by atoms with Gasteiger partial charge in [-0.15, -0.1) is 0 Å². The summed E-state index contributed by atoms with van der Waals surface area (Å²) in [6.07, 6.45) is 4.40. The molecule has 0 saturated carbocycles. The number of benzene rings is 1. The van der Waals surface area contributed by atoms with Gasteiger partial charge in [0.05, 0.1) is 5.02 Å². The highest BCUT2D eigenvalue weighted by atomic mass is 35.5. The normalized spacial score (nSPS) is 11.4. The van der Waals surface area contributed by atoms with Crippen LogP contribution >= 0.6 is 11.6 Å². The first-order valence-electron chi connectivity index (χ1n) is 7.76. The summed E-state index contributed by atoms with van der Waals surface area (Å²) < 4.78 is 17.6. The lowest BCUT2D eigenvalue weighted by molar-refractivity contribution is 0.575. The highest BCUT2D eigenvalue weighted by molar-refractivity contribution is 6.30. The van der Waals surface area contributed by atoms with Gasteiger partial charge >= 0.3 is 0 Å². The van der Waals surface area contributed by atoms with Crippen LogP contribution in [-0.2, 0) is 19.4 Å². The Balaban J connectivity index is 1.95. The number of rotatable bonds is 6. The maximum absolute atomic E-state index is 14.4. The first kappa shape index (κ1) is 16.6. The molecule has 24 heavy (non-hydrogen) atoms. The van der Waals surface area contributed by atoms with Crippen LogP contribution in [0.5, 0.6) is 0 Å². The van der Waals surface area contributed by atoms with Crippen molar-refractivity contribution in [2.45, 2.75) is 33.2 Å². The molecule has 0 bridgehead atoms. The van der Waals surface area contributed by atoms with Gasteiger partial charge in [0, 0.05) is 19.4 Å². The van der Waals surface area contributed by atoms with Crippen LogP contribution in [0.3, 0.4) is 0 Å². The molecule has 0 aliphatic rings. The van der Waals surface area contributed by atoms with Crippen LogP contribution in [0.15, 0.2) is 30.9 Å². The minimum Gasteiger partial charge on any atom is -0.253 e. The predicted octanol–water partition coefficient (Wildman–Crippen LogP) is 3.09. The Kier molecular flexibility index (Phi) is 4.89. The minimum absolute atomic E-state index is 0.0654. The lowest BCUT2D eigenvalue weighted by Crippen LogP contribution is -2.09. The van der Waals surface area contributed by atoms with Gasteiger partial charge in [-0.1, -0.05) is 31.5 Å². The molecule has 0 unspecified atom stereocenters. The van der Waals surface area contributed by atoms with Crippen molar-refractivity contribution in [1.29, 1.82) is 0 Å². The Morgan fingerprint density at radius 2 is 2.12 bits per heavy atom. The van der Waals surface area contributed by atoms with Crippen molar-refractivity contribution in [2.75, 3.05) is 0 Å². The summed E-state index contributed by atoms with van der Waals surface area (Å²) in [4.78, 5) is 8.49. The second-order valence-electron chi connectivity index (χ2n) is 5.94. The fourth-order valence-corrected chi connectivity index (χ4v) is 2.59. The molecule has 0 amide bonds. The highest BCUT2D eigenvalue weighted by Crippen LogP contribution is 2.22. The van der Waals surface area contributed by atoms with Gasteiger partial charge in [-0.25, -0.2) is 19.0 Å². The topological polar surface area (TPSA) is 61.4 Å². The zero-order valence-corrected chi connectivity index (χ0v) is 14.3. The fourth-order valence-electron chi connectivity index (χ4n) is 2.42. The smallest absolute Gasteiger partial charge is 0.167 e. The maximum atomic E-state index is 14.4. The van der Waals surface area contributed by atoms with E-state index in [4.69, 9.17) is 11.6 Å². The summed E-state index contributed by atoms with van der Waals surface area (Å²) in [5.74, 6) is 1.27. The van der Waals surface area contributed by atoms with Crippen molar-refractivity contribution >= 4 is 11.6 Å². The molecule has 3 aromatic rings. The molecule has 126 valence electrons. The van der Waals surface area contributed by atoms with E-state index in [1.54, 1.807) is 23.1 Å². The van der Waals surface area contributed by atoms with Gasteiger partial charge in [0.2, 0.25) is 0 Å². The van der Waals surface area contributed by atoms with Crippen LogP contribution in [0, 0.1) is 11.7 Å². The van der Waals surface area contributed by atoms with E-state index in [1.165, 1.54) is 17.1 Å². The van der Waals surface area contributed by atoms with Crippen molar-refractivity contribution in [2.24, 2.45) is 5.92 Å². The van der Waals surface area contributed by atoms with E-state index in [-0.39, 0.29) is 5.02 Å². The Morgan fingerprint density at radius 1 is 1.29 bits per heavy atom. The molecule has 0 spiro atoms. The first-order chi connectivity index (χ1) is 11.5. The summed E-state index contributed by atoms with van der Waals surface area (Å²) in [7, 11) is 0. The van der Waals surface area contributed by atoms with Crippen molar-refractivity contribution in [1.82, 2.24) is 29.5 Å². The van der Waals surface area contributed by atoms with Crippen LogP contribution in [0.4, 0.5) is 4.39 Å². The Morgan fingerprint density at radius 3 is 2.83 bits per heavy atom. The third-order valence-corrected chi connectivity index (χ3v) is 3.79. The number of aryl methyl sites for hydroxylation is 2. The van der Waals surface area contributed by atoms with E-state index in [2.05, 4.69) is 34.0 Å². The van der Waals surface area contributed by atoms with Gasteiger partial charge in [-0.2, -0.15) is 10.2 Å². The number of hydrogen-bond acceptors (Lipinski definition) is 4. The largest absolute Gasteiger partial charge is 0.253 e. The monoisotopic (exact) mass is 348 g/mol. The van der Waals surface area contributed by atoms with Crippen LogP contribution in [0.1, 0.15) is 25.5 Å². The highest BCUT2D eigenvalue weighted by Gasteiger charge is 2.17. The molecule has 0 aliphatic carbocycles. The molecule has 3 rings (SSSR count). The molecule has 0 radical (unpaired) electrons. The van der Waals surface area contributed by atoms with Gasteiger partial charge in [-0.05, 0) is 18.1 Å². The average Bonchev–Trinajstić information content (AvgIpc) is 3.17. The number of aromatic nitrogens is 6. The lowest BCUT2D eigenvalue weighted by Gasteiger charge is -2.08. The van der Waals surface area contributed by atoms with Crippen LogP contribution in [0.25, 0.3) is 5.69 Å². The molecule has 2 aromatic heterocycles. The molecule has 0 fully saturated rings. The summed E-state index contributed by atoms with van der Waals surface area (Å²) in [6.45, 7) is 4.77. The summed E-state index contributed by atoms with van der Waals surface area (Å²) in [5, 5.41) is 8.62. The molecule has 0 atom stereocenters. The van der Waals surface area contributed by atoms with Gasteiger partial charge < -0.3 is 0 Å². The summed E-state index contributed by atoms with van der Waals surface area (Å²) >= 11 is 5.91. The van der Waals surface area contributed by atoms with E-state index in [0.29, 0.717) is 36.2 Å². The van der Waals surface area contributed by atoms with Crippen molar-refractivity contribution < 1.29 is 4.39 Å². The maximum Gasteiger partial charge on any atom is 0.167 e. The summed E-state index contributed by atoms with van der Waals surface area (Å²) in [6, 6.07) is 4.86. The number of hydrogen-bond donors (Lipinski definition) is 0. The molecule has 6 nitrogen and oxygen atoms in total. The van der Waals surface area contributed by atoms with E-state index in [9.17, 15) is 4.39 Å². The molecular formula is C16H18ClFN6. The van der Waals surface area contributed by atoms with Crippen molar-refractivity contribution in [3.05, 3.63) is 53.3 Å². The Labute approximate surface area is 144 Å². The summed E-state index contributed by atoms with van der Waals surface area (Å²) in [5.41, 5.74) is 0.304. The van der Waals surface area contributed by atoms with E-state index >= 15 is 0 Å². The number of nitrogens with zero attached hydrogens (tertiary/aromatic N) is 6. The van der Waals surface area contributed by atoms with Crippen LogP contribution < -0.4 is 0 Å². The second kappa shape index (κ2) is 7.09. The number of halogens is 2. The van der Waals surface area contributed by atoms with Crippen LogP contribution in [-0.4, -0.2) is 29.5 Å². The Bertz CT molecular complexity index is 812. The third-order valence-electron chi connectivity index (χ3n) is 3.50. The SMILES string of the molecule is CC(C)Cc1nc(CCn2cncn2)n(-c2cccc(Cl)c2F)n1. The molecule has 8 heteroatoms. The van der Waals surface area contributed by atoms with E-state index in [1.807, 2.05) is 0 Å². The van der Waals surface area contributed by atoms with Gasteiger partial charge in [-0.3, -0.25) is 4.68 Å². The van der Waals surface area contributed by atoms with Gasteiger partial charge in [0.1, 0.15) is 24.2 Å². The zero-order chi connectivity index (χ0) is 17.1. The fraction of sp³-hybridized carbons (Fsp3) is 0.375. The van der Waals surface area contributed by atoms with Crippen molar-refractivity contribution in [3.8, 4) is 5.69 Å². The van der Waals surface area contributed by atoms with Crippen LogP contribution in [0.2, 0.25) is 5.02 Å². The predicted molar refractivity (Wildman–Crippen MR) is 88.6 cm³/mol.